The molecule has 0 aromatic heterocycles. The van der Waals surface area contributed by atoms with Crippen LogP contribution in [0.3, 0.4) is 0 Å². The molecule has 0 nitrogen and oxygen atoms in total. The Morgan fingerprint density at radius 3 is 2.93 bits per heavy atom. The van der Waals surface area contributed by atoms with Crippen molar-refractivity contribution in [2.45, 2.75) is 51.9 Å². The average Bonchev–Trinajstić information content (AvgIpc) is 2.55. The minimum absolute atomic E-state index is 0.851. The Labute approximate surface area is 88.1 Å². The van der Waals surface area contributed by atoms with Crippen molar-refractivity contribution in [1.29, 1.82) is 0 Å². The summed E-state index contributed by atoms with van der Waals surface area (Å²) in [6.07, 6.45) is 16.9. The summed E-state index contributed by atoms with van der Waals surface area (Å²) in [4.78, 5) is 0. The van der Waals surface area contributed by atoms with Gasteiger partial charge in [0.2, 0.25) is 0 Å². The van der Waals surface area contributed by atoms with Gasteiger partial charge in [0.25, 0.3) is 0 Å². The molecule has 14 heavy (non-hydrogen) atoms. The zero-order chi connectivity index (χ0) is 9.80. The van der Waals surface area contributed by atoms with Crippen LogP contribution in [-0.2, 0) is 0 Å². The molecule has 0 amide bonds. The number of hydrogen-bond donors (Lipinski definition) is 0. The van der Waals surface area contributed by atoms with Crippen LogP contribution < -0.4 is 0 Å². The Morgan fingerprint density at radius 1 is 1.07 bits per heavy atom. The van der Waals surface area contributed by atoms with Crippen LogP contribution in [0.15, 0.2) is 23.8 Å². The Bertz CT molecular complexity index is 234. The lowest BCUT2D eigenvalue weighted by Gasteiger charge is -2.14. The molecule has 0 bridgehead atoms. The van der Waals surface area contributed by atoms with Gasteiger partial charge in [-0.25, -0.2) is 0 Å². The van der Waals surface area contributed by atoms with E-state index in [4.69, 9.17) is 0 Å². The lowest BCUT2D eigenvalue weighted by molar-refractivity contribution is 0.520. The van der Waals surface area contributed by atoms with Gasteiger partial charge in [-0.1, -0.05) is 43.6 Å². The van der Waals surface area contributed by atoms with Gasteiger partial charge in [-0.2, -0.15) is 0 Å². The van der Waals surface area contributed by atoms with Crippen molar-refractivity contribution in [3.63, 3.8) is 0 Å². The minimum atomic E-state index is 0.851. The molecule has 2 aliphatic carbocycles. The number of allylic oxidation sites excluding steroid dienone is 4. The highest BCUT2D eigenvalue weighted by Gasteiger charge is 2.26. The fourth-order valence-corrected chi connectivity index (χ4v) is 2.90. The molecule has 78 valence electrons. The molecule has 0 aromatic carbocycles. The molecule has 0 N–H and O–H groups in total. The van der Waals surface area contributed by atoms with Gasteiger partial charge in [-0.15, -0.1) is 0 Å². The summed E-state index contributed by atoms with van der Waals surface area (Å²) < 4.78 is 0. The fourth-order valence-electron chi connectivity index (χ4n) is 2.90. The molecular weight excluding hydrogens is 168 g/mol. The van der Waals surface area contributed by atoms with Gasteiger partial charge in [0.1, 0.15) is 0 Å². The summed E-state index contributed by atoms with van der Waals surface area (Å²) in [5.41, 5.74) is 1.74. The summed E-state index contributed by atoms with van der Waals surface area (Å²) in [5, 5.41) is 0. The lowest BCUT2D eigenvalue weighted by atomic mass is 9.91. The monoisotopic (exact) mass is 190 g/mol. The Balaban J connectivity index is 2.10. The first-order valence-electron chi connectivity index (χ1n) is 6.24. The van der Waals surface area contributed by atoms with Gasteiger partial charge in [0.05, 0.1) is 0 Å². The van der Waals surface area contributed by atoms with Crippen LogP contribution in [0, 0.1) is 11.8 Å². The van der Waals surface area contributed by atoms with Gasteiger partial charge in [-0.3, -0.25) is 0 Å². The molecule has 0 aliphatic heterocycles. The molecule has 0 radical (unpaired) electrons. The number of rotatable bonds is 0. The van der Waals surface area contributed by atoms with Gasteiger partial charge in [-0.05, 0) is 43.9 Å². The summed E-state index contributed by atoms with van der Waals surface area (Å²) >= 11 is 0. The van der Waals surface area contributed by atoms with E-state index in [1.165, 1.54) is 44.9 Å². The first kappa shape index (κ1) is 10.0. The molecule has 2 aliphatic rings. The van der Waals surface area contributed by atoms with Crippen LogP contribution in [0.5, 0.6) is 0 Å². The standard InChI is InChI=1S/C14H22/c1-12-10-11-13-8-6-4-2-3-5-7-9-14(12)13/h5,7,9,12-13H,2-4,6,8,10-11H2,1H3/b7-5+,14-9-. The predicted octanol–water partition coefficient (Wildman–Crippen LogP) is 4.48. The van der Waals surface area contributed by atoms with E-state index < -0.39 is 0 Å². The largest absolute Gasteiger partial charge is 0.0845 e. The van der Waals surface area contributed by atoms with Crippen molar-refractivity contribution in [2.75, 3.05) is 0 Å². The van der Waals surface area contributed by atoms with E-state index in [1.807, 2.05) is 0 Å². The maximum atomic E-state index is 2.41. The number of fused-ring (bicyclic) bond motifs is 1. The lowest BCUT2D eigenvalue weighted by Crippen LogP contribution is -2.00. The Morgan fingerprint density at radius 2 is 2.00 bits per heavy atom. The summed E-state index contributed by atoms with van der Waals surface area (Å²) in [7, 11) is 0. The summed E-state index contributed by atoms with van der Waals surface area (Å²) in [6.45, 7) is 2.39. The molecule has 0 spiro atoms. The van der Waals surface area contributed by atoms with Crippen LogP contribution >= 0.6 is 0 Å². The normalized spacial score (nSPS) is 39.6. The summed E-state index contributed by atoms with van der Waals surface area (Å²) in [5.74, 6) is 1.77. The topological polar surface area (TPSA) is 0 Å². The molecule has 0 aromatic rings. The van der Waals surface area contributed by atoms with Crippen molar-refractivity contribution < 1.29 is 0 Å². The van der Waals surface area contributed by atoms with Gasteiger partial charge in [0.15, 0.2) is 0 Å². The average molecular weight is 190 g/mol. The first-order chi connectivity index (χ1) is 6.88. The SMILES string of the molecule is CC1CCC2CCCCC/C=C/C=C/12. The van der Waals surface area contributed by atoms with Crippen molar-refractivity contribution in [1.82, 2.24) is 0 Å². The molecule has 1 fully saturated rings. The second kappa shape index (κ2) is 4.82. The van der Waals surface area contributed by atoms with E-state index in [2.05, 4.69) is 25.2 Å². The number of hydrogen-bond acceptors (Lipinski definition) is 0. The van der Waals surface area contributed by atoms with Gasteiger partial charge >= 0.3 is 0 Å². The highest BCUT2D eigenvalue weighted by molar-refractivity contribution is 5.21. The third kappa shape index (κ3) is 2.29. The second-order valence-corrected chi connectivity index (χ2v) is 4.91. The molecule has 0 saturated heterocycles. The van der Waals surface area contributed by atoms with E-state index in [1.54, 1.807) is 5.57 Å². The Hall–Kier alpha value is -0.520. The molecule has 2 unspecified atom stereocenters. The van der Waals surface area contributed by atoms with Crippen molar-refractivity contribution in [3.8, 4) is 0 Å². The molecular formula is C14H22. The van der Waals surface area contributed by atoms with E-state index in [0.29, 0.717) is 0 Å². The quantitative estimate of drug-likeness (QED) is 0.528. The van der Waals surface area contributed by atoms with Gasteiger partial charge in [0, 0.05) is 0 Å². The van der Waals surface area contributed by atoms with E-state index >= 15 is 0 Å². The van der Waals surface area contributed by atoms with Crippen LogP contribution in [0.2, 0.25) is 0 Å². The van der Waals surface area contributed by atoms with E-state index in [0.717, 1.165) is 11.8 Å². The van der Waals surface area contributed by atoms with Crippen molar-refractivity contribution in [3.05, 3.63) is 23.8 Å². The maximum absolute atomic E-state index is 2.41. The highest BCUT2D eigenvalue weighted by atomic mass is 14.3. The molecule has 2 atom stereocenters. The van der Waals surface area contributed by atoms with Gasteiger partial charge < -0.3 is 0 Å². The molecule has 2 rings (SSSR count). The zero-order valence-electron chi connectivity index (χ0n) is 9.34. The van der Waals surface area contributed by atoms with Crippen LogP contribution in [0.1, 0.15) is 51.9 Å². The van der Waals surface area contributed by atoms with Crippen molar-refractivity contribution in [2.24, 2.45) is 11.8 Å². The van der Waals surface area contributed by atoms with Crippen molar-refractivity contribution >= 4 is 0 Å². The Kier molecular flexibility index (Phi) is 3.44. The fraction of sp³-hybridized carbons (Fsp3) is 0.714. The first-order valence-corrected chi connectivity index (χ1v) is 6.24. The van der Waals surface area contributed by atoms with E-state index in [-0.39, 0.29) is 0 Å². The molecule has 0 heteroatoms. The van der Waals surface area contributed by atoms with Crippen LogP contribution in [0.4, 0.5) is 0 Å². The van der Waals surface area contributed by atoms with E-state index in [9.17, 15) is 0 Å². The third-order valence-electron chi connectivity index (χ3n) is 3.84. The van der Waals surface area contributed by atoms with Crippen LogP contribution in [0.25, 0.3) is 0 Å². The zero-order valence-corrected chi connectivity index (χ0v) is 9.34. The second-order valence-electron chi connectivity index (χ2n) is 4.91. The summed E-state index contributed by atoms with van der Waals surface area (Å²) in [6, 6.07) is 0. The molecule has 1 saturated carbocycles. The minimum Gasteiger partial charge on any atom is -0.0845 e. The maximum Gasteiger partial charge on any atom is -0.0197 e. The van der Waals surface area contributed by atoms with Crippen LogP contribution in [-0.4, -0.2) is 0 Å². The molecule has 0 heterocycles. The third-order valence-corrected chi connectivity index (χ3v) is 3.84. The predicted molar refractivity (Wildman–Crippen MR) is 62.2 cm³/mol. The highest BCUT2D eigenvalue weighted by Crippen LogP contribution is 2.39. The smallest absolute Gasteiger partial charge is 0.0197 e.